The van der Waals surface area contributed by atoms with Gasteiger partial charge in [-0.15, -0.1) is 0 Å². The molecule has 1 aliphatic rings. The highest BCUT2D eigenvalue weighted by molar-refractivity contribution is 5.81. The van der Waals surface area contributed by atoms with E-state index in [0.717, 1.165) is 29.4 Å². The number of rotatable bonds is 4. The topological polar surface area (TPSA) is 38.0 Å². The fraction of sp³-hybridized carbons (Fsp3) is 0.471. The number of benzene rings is 1. The summed E-state index contributed by atoms with van der Waals surface area (Å²) in [6, 6.07) is 8.22. The van der Waals surface area contributed by atoms with Crippen molar-refractivity contribution >= 4 is 10.9 Å². The number of hydrogen-bond acceptors (Lipinski definition) is 2. The van der Waals surface area contributed by atoms with Gasteiger partial charge in [-0.2, -0.15) is 5.10 Å². The average molecular weight is 270 g/mol. The van der Waals surface area contributed by atoms with E-state index in [-0.39, 0.29) is 6.10 Å². The molecule has 0 fully saturated rings. The number of aryl methyl sites for hydroxylation is 1. The smallest absolute Gasteiger partial charge is 0.0729 e. The third kappa shape index (κ3) is 2.78. The van der Waals surface area contributed by atoms with Crippen molar-refractivity contribution < 1.29 is 5.11 Å². The summed E-state index contributed by atoms with van der Waals surface area (Å²) in [5.41, 5.74) is 3.56. The minimum atomic E-state index is -0.322. The molecule has 1 aromatic heterocycles. The van der Waals surface area contributed by atoms with Crippen LogP contribution in [0, 0.1) is 0 Å². The molecule has 106 valence electrons. The van der Waals surface area contributed by atoms with Gasteiger partial charge in [0, 0.05) is 18.9 Å². The van der Waals surface area contributed by atoms with Crippen LogP contribution in [0.5, 0.6) is 0 Å². The largest absolute Gasteiger partial charge is 0.392 e. The first-order valence-electron chi connectivity index (χ1n) is 7.50. The Bertz CT molecular complexity index is 627. The average Bonchev–Trinajstić information content (AvgIpc) is 2.77. The summed E-state index contributed by atoms with van der Waals surface area (Å²) >= 11 is 0. The van der Waals surface area contributed by atoms with Crippen molar-refractivity contribution in [1.82, 2.24) is 9.78 Å². The lowest BCUT2D eigenvalue weighted by Crippen LogP contribution is -2.13. The molecule has 1 heterocycles. The molecule has 0 saturated carbocycles. The predicted molar refractivity (Wildman–Crippen MR) is 81.6 cm³/mol. The summed E-state index contributed by atoms with van der Waals surface area (Å²) < 4.78 is 1.90. The van der Waals surface area contributed by atoms with Gasteiger partial charge in [-0.3, -0.25) is 4.68 Å². The number of nitrogens with zero attached hydrogens (tertiary/aromatic N) is 2. The standard InChI is InChI=1S/C17H22N2O/c1-19-17-10-6-5-9-15(17)16(18-19)12-14(20)11-13-7-3-2-4-8-13/h5-7,9-10,14,20H,2-4,8,11-12H2,1H3. The van der Waals surface area contributed by atoms with E-state index in [4.69, 9.17) is 0 Å². The van der Waals surface area contributed by atoms with Gasteiger partial charge in [-0.1, -0.05) is 29.8 Å². The van der Waals surface area contributed by atoms with Gasteiger partial charge < -0.3 is 5.11 Å². The number of fused-ring (bicyclic) bond motifs is 1. The zero-order valence-electron chi connectivity index (χ0n) is 12.0. The molecule has 0 radical (unpaired) electrons. The summed E-state index contributed by atoms with van der Waals surface area (Å²) in [4.78, 5) is 0. The summed E-state index contributed by atoms with van der Waals surface area (Å²) in [5.74, 6) is 0. The van der Waals surface area contributed by atoms with Crippen LogP contribution in [0.4, 0.5) is 0 Å². The van der Waals surface area contributed by atoms with Crippen LogP contribution in [0.2, 0.25) is 0 Å². The van der Waals surface area contributed by atoms with Crippen LogP contribution in [0.15, 0.2) is 35.9 Å². The Balaban J connectivity index is 1.74. The van der Waals surface area contributed by atoms with Crippen molar-refractivity contribution in [2.45, 2.75) is 44.6 Å². The van der Waals surface area contributed by atoms with Crippen molar-refractivity contribution in [1.29, 1.82) is 0 Å². The molecule has 3 nitrogen and oxygen atoms in total. The Kier molecular flexibility index (Phi) is 3.88. The zero-order valence-corrected chi connectivity index (χ0v) is 12.0. The quantitative estimate of drug-likeness (QED) is 0.865. The molecule has 0 spiro atoms. The molecule has 0 amide bonds. The predicted octanol–water partition coefficient (Wildman–Crippen LogP) is 3.37. The normalized spacial score (nSPS) is 17.2. The third-order valence-electron chi connectivity index (χ3n) is 4.15. The highest BCUT2D eigenvalue weighted by atomic mass is 16.3. The molecule has 3 rings (SSSR count). The van der Waals surface area contributed by atoms with Gasteiger partial charge in [0.1, 0.15) is 0 Å². The molecule has 0 aliphatic heterocycles. The van der Waals surface area contributed by atoms with E-state index in [1.807, 2.05) is 23.9 Å². The van der Waals surface area contributed by atoms with E-state index < -0.39 is 0 Å². The van der Waals surface area contributed by atoms with Crippen molar-refractivity contribution in [3.05, 3.63) is 41.6 Å². The molecule has 1 atom stereocenters. The second kappa shape index (κ2) is 5.80. The molecular formula is C17H22N2O. The lowest BCUT2D eigenvalue weighted by molar-refractivity contribution is 0.172. The van der Waals surface area contributed by atoms with Gasteiger partial charge in [0.05, 0.1) is 17.3 Å². The lowest BCUT2D eigenvalue weighted by atomic mass is 9.93. The zero-order chi connectivity index (χ0) is 13.9. The van der Waals surface area contributed by atoms with Gasteiger partial charge >= 0.3 is 0 Å². The molecule has 0 bridgehead atoms. The van der Waals surface area contributed by atoms with E-state index in [1.165, 1.54) is 24.8 Å². The van der Waals surface area contributed by atoms with E-state index in [1.54, 1.807) is 0 Å². The summed E-state index contributed by atoms with van der Waals surface area (Å²) in [7, 11) is 1.96. The fourth-order valence-corrected chi connectivity index (χ4v) is 3.13. The summed E-state index contributed by atoms with van der Waals surface area (Å²) in [6.45, 7) is 0. The number of aliphatic hydroxyl groups is 1. The molecule has 1 unspecified atom stereocenters. The van der Waals surface area contributed by atoms with Gasteiger partial charge in [0.15, 0.2) is 0 Å². The molecule has 3 heteroatoms. The maximum absolute atomic E-state index is 10.3. The minimum Gasteiger partial charge on any atom is -0.392 e. The van der Waals surface area contributed by atoms with Crippen molar-refractivity contribution in [3.63, 3.8) is 0 Å². The minimum absolute atomic E-state index is 0.322. The van der Waals surface area contributed by atoms with Gasteiger partial charge in [0.25, 0.3) is 0 Å². The van der Waals surface area contributed by atoms with E-state index in [0.29, 0.717) is 6.42 Å². The lowest BCUT2D eigenvalue weighted by Gasteiger charge is -2.16. The van der Waals surface area contributed by atoms with Crippen LogP contribution in [0.1, 0.15) is 37.8 Å². The van der Waals surface area contributed by atoms with Crippen LogP contribution in [0.25, 0.3) is 10.9 Å². The highest BCUT2D eigenvalue weighted by Crippen LogP contribution is 2.24. The van der Waals surface area contributed by atoms with Crippen LogP contribution < -0.4 is 0 Å². The maximum atomic E-state index is 10.3. The Morgan fingerprint density at radius 2 is 2.10 bits per heavy atom. The highest BCUT2D eigenvalue weighted by Gasteiger charge is 2.15. The fourth-order valence-electron chi connectivity index (χ4n) is 3.13. The molecule has 0 saturated heterocycles. The monoisotopic (exact) mass is 270 g/mol. The van der Waals surface area contributed by atoms with E-state index in [2.05, 4.69) is 23.3 Å². The van der Waals surface area contributed by atoms with Crippen LogP contribution >= 0.6 is 0 Å². The first-order chi connectivity index (χ1) is 9.74. The molecule has 1 aromatic carbocycles. The molecule has 1 aliphatic carbocycles. The second-order valence-electron chi connectivity index (χ2n) is 5.76. The third-order valence-corrected chi connectivity index (χ3v) is 4.15. The van der Waals surface area contributed by atoms with Crippen LogP contribution in [-0.4, -0.2) is 21.0 Å². The summed E-state index contributed by atoms with van der Waals surface area (Å²) in [5, 5.41) is 16.1. The first kappa shape index (κ1) is 13.4. The van der Waals surface area contributed by atoms with Gasteiger partial charge in [-0.05, 0) is 38.2 Å². The molecular weight excluding hydrogens is 248 g/mol. The summed E-state index contributed by atoms with van der Waals surface area (Å²) in [6.07, 6.45) is 8.31. The number of para-hydroxylation sites is 1. The van der Waals surface area contributed by atoms with Crippen molar-refractivity contribution in [3.8, 4) is 0 Å². The van der Waals surface area contributed by atoms with Crippen LogP contribution in [-0.2, 0) is 13.5 Å². The second-order valence-corrected chi connectivity index (χ2v) is 5.76. The molecule has 1 N–H and O–H groups in total. The number of hydrogen-bond donors (Lipinski definition) is 1. The van der Waals surface area contributed by atoms with Crippen molar-refractivity contribution in [2.24, 2.45) is 7.05 Å². The van der Waals surface area contributed by atoms with E-state index >= 15 is 0 Å². The van der Waals surface area contributed by atoms with Gasteiger partial charge in [0.2, 0.25) is 0 Å². The SMILES string of the molecule is Cn1nc(CC(O)CC2=CCCCC2)c2ccccc21. The Labute approximate surface area is 119 Å². The number of aromatic nitrogens is 2. The number of allylic oxidation sites excluding steroid dienone is 1. The number of aliphatic hydroxyl groups excluding tert-OH is 1. The maximum Gasteiger partial charge on any atom is 0.0729 e. The Morgan fingerprint density at radius 3 is 2.90 bits per heavy atom. The Morgan fingerprint density at radius 1 is 1.25 bits per heavy atom. The van der Waals surface area contributed by atoms with Gasteiger partial charge in [-0.25, -0.2) is 0 Å². The molecule has 2 aromatic rings. The first-order valence-corrected chi connectivity index (χ1v) is 7.50. The Hall–Kier alpha value is -1.61. The molecule has 20 heavy (non-hydrogen) atoms. The van der Waals surface area contributed by atoms with E-state index in [9.17, 15) is 5.11 Å². The van der Waals surface area contributed by atoms with Crippen LogP contribution in [0.3, 0.4) is 0 Å². The van der Waals surface area contributed by atoms with Crippen molar-refractivity contribution in [2.75, 3.05) is 0 Å².